The van der Waals surface area contributed by atoms with E-state index >= 15 is 0 Å². The molecule has 0 aliphatic carbocycles. The molecule has 0 aromatic heterocycles. The number of aliphatic hydroxyl groups is 2. The molecular weight excluding hydrogens is 829 g/mol. The highest BCUT2D eigenvalue weighted by Crippen LogP contribution is 2.33. The molecule has 0 saturated heterocycles. The van der Waals surface area contributed by atoms with Crippen LogP contribution in [0.2, 0.25) is 0 Å². The maximum atomic E-state index is 10.7. The maximum Gasteiger partial charge on any atom is 0.231 e. The van der Waals surface area contributed by atoms with Crippen molar-refractivity contribution in [2.75, 3.05) is 13.2 Å². The van der Waals surface area contributed by atoms with E-state index in [1.807, 2.05) is 60.7 Å². The van der Waals surface area contributed by atoms with Crippen molar-refractivity contribution in [1.29, 1.82) is 0 Å². The van der Waals surface area contributed by atoms with Crippen LogP contribution in [0.1, 0.15) is 191 Å². The summed E-state index contributed by atoms with van der Waals surface area (Å²) in [4.78, 5) is 0. The smallest absolute Gasteiger partial charge is 0.231 e. The Labute approximate surface area is 407 Å². The van der Waals surface area contributed by atoms with Crippen LogP contribution in [0.4, 0.5) is 0 Å². The zero-order valence-corrected chi connectivity index (χ0v) is 42.1. The predicted octanol–water partition coefficient (Wildman–Crippen LogP) is 16.4. The van der Waals surface area contributed by atoms with Gasteiger partial charge in [0.25, 0.3) is 0 Å². The Kier molecular flexibility index (Phi) is 27.8. The van der Waals surface area contributed by atoms with Crippen LogP contribution in [0.15, 0.2) is 121 Å². The minimum atomic E-state index is -1.08. The molecule has 4 rings (SSSR count). The molecule has 0 heterocycles. The molecule has 6 heteroatoms. The van der Waals surface area contributed by atoms with Gasteiger partial charge in [0.15, 0.2) is 13.2 Å². The molecule has 0 bridgehead atoms. The number of aryl methyl sites for hydroxylation is 2. The zero-order valence-electron chi connectivity index (χ0n) is 42.1. The molecule has 0 aliphatic rings. The fraction of sp³-hybridized carbons (Fsp3) is 0.541. The van der Waals surface area contributed by atoms with Crippen molar-refractivity contribution in [3.05, 3.63) is 144 Å². The molecule has 368 valence electrons. The highest BCUT2D eigenvalue weighted by atomic mass is 16.6. The van der Waals surface area contributed by atoms with Gasteiger partial charge in [-0.15, -0.1) is 0 Å². The van der Waals surface area contributed by atoms with Crippen LogP contribution < -0.4 is 18.9 Å². The number of hydrogen-bond donors (Lipinski definition) is 2. The lowest BCUT2D eigenvalue weighted by molar-refractivity contribution is -0.0481. The molecule has 67 heavy (non-hydrogen) atoms. The van der Waals surface area contributed by atoms with Crippen molar-refractivity contribution >= 4 is 0 Å². The minimum Gasteiger partial charge on any atom is -0.487 e. The van der Waals surface area contributed by atoms with Gasteiger partial charge in [0.1, 0.15) is 23.0 Å². The third kappa shape index (κ3) is 23.9. The Bertz CT molecular complexity index is 1760. The average Bonchev–Trinajstić information content (AvgIpc) is 3.33. The van der Waals surface area contributed by atoms with Crippen molar-refractivity contribution in [2.45, 2.75) is 200 Å². The molecule has 0 spiro atoms. The number of benzene rings is 4. The van der Waals surface area contributed by atoms with E-state index in [1.54, 1.807) is 0 Å². The molecule has 4 aromatic carbocycles. The van der Waals surface area contributed by atoms with E-state index in [9.17, 15) is 10.2 Å². The normalized spacial score (nSPS) is 12.7. The van der Waals surface area contributed by atoms with E-state index in [2.05, 4.69) is 88.4 Å². The molecule has 0 fully saturated rings. The summed E-state index contributed by atoms with van der Waals surface area (Å²) < 4.78 is 23.5. The van der Waals surface area contributed by atoms with E-state index in [0.717, 1.165) is 36.8 Å². The largest absolute Gasteiger partial charge is 0.487 e. The van der Waals surface area contributed by atoms with E-state index in [-0.39, 0.29) is 18.6 Å². The Balaban J connectivity index is 1.08. The lowest BCUT2D eigenvalue weighted by Crippen LogP contribution is -2.24. The first kappa shape index (κ1) is 55.1. The van der Waals surface area contributed by atoms with Crippen LogP contribution in [-0.4, -0.2) is 36.0 Å². The van der Waals surface area contributed by atoms with Crippen LogP contribution in [-0.2, 0) is 18.3 Å². The molecule has 0 saturated carbocycles. The van der Waals surface area contributed by atoms with Gasteiger partial charge in [-0.3, -0.25) is 0 Å². The third-order valence-corrected chi connectivity index (χ3v) is 12.7. The number of unbranched alkanes of at least 4 members (excludes halogenated alkanes) is 18. The number of allylic oxidation sites excluding steroid dienone is 4. The number of rotatable bonds is 38. The van der Waals surface area contributed by atoms with Crippen LogP contribution in [0.5, 0.6) is 23.0 Å². The Morgan fingerprint density at radius 1 is 0.418 bits per heavy atom. The maximum absolute atomic E-state index is 10.7. The van der Waals surface area contributed by atoms with Crippen LogP contribution >= 0.6 is 0 Å². The summed E-state index contributed by atoms with van der Waals surface area (Å²) in [6, 6.07) is 32.1. The van der Waals surface area contributed by atoms with Gasteiger partial charge in [-0.05, 0) is 135 Å². The first-order valence-corrected chi connectivity index (χ1v) is 26.4. The molecule has 4 aromatic rings. The first-order valence-electron chi connectivity index (χ1n) is 26.4. The van der Waals surface area contributed by atoms with E-state index in [0.29, 0.717) is 23.0 Å². The Hall–Kier alpha value is -4.52. The summed E-state index contributed by atoms with van der Waals surface area (Å²) in [6.45, 7) is 8.91. The fourth-order valence-electron chi connectivity index (χ4n) is 8.43. The molecule has 2 atom stereocenters. The van der Waals surface area contributed by atoms with E-state index in [4.69, 9.17) is 18.9 Å². The van der Waals surface area contributed by atoms with E-state index < -0.39 is 12.6 Å². The van der Waals surface area contributed by atoms with Crippen molar-refractivity contribution < 1.29 is 29.2 Å². The lowest BCUT2D eigenvalue weighted by Gasteiger charge is -2.26. The van der Waals surface area contributed by atoms with Gasteiger partial charge >= 0.3 is 0 Å². The van der Waals surface area contributed by atoms with Crippen molar-refractivity contribution in [3.8, 4) is 23.0 Å². The summed E-state index contributed by atoms with van der Waals surface area (Å²) in [5, 5.41) is 21.3. The van der Waals surface area contributed by atoms with Gasteiger partial charge < -0.3 is 29.2 Å². The monoisotopic (exact) mass is 917 g/mol. The second-order valence-corrected chi connectivity index (χ2v) is 19.0. The standard InChI is InChI=1S/C61H88O6/c1-5-7-9-11-13-15-17-19-21-23-25-27-29-33-51-35-31-37-57(47-51)66-59(62)49-64-55-43-39-53(40-44-55)61(3,4)54-41-45-56(46-42-54)65-50-60(63)67-58-38-32-36-52(48-58)34-30-28-26-24-22-20-18-16-14-12-10-8-6-2/h11-14,31-32,35-48,59-60,62-63H,5-10,15-30,33-34,49-50H2,1-4H3. The van der Waals surface area contributed by atoms with Gasteiger partial charge in [-0.1, -0.05) is 190 Å². The summed E-state index contributed by atoms with van der Waals surface area (Å²) >= 11 is 0. The average molecular weight is 917 g/mol. The zero-order chi connectivity index (χ0) is 47.6. The second-order valence-electron chi connectivity index (χ2n) is 19.0. The van der Waals surface area contributed by atoms with Gasteiger partial charge in [-0.2, -0.15) is 0 Å². The molecular formula is C61H88O6. The highest BCUT2D eigenvalue weighted by Gasteiger charge is 2.23. The SMILES string of the molecule is CCCCC=CCCCCCCCCCc1cccc(OC(O)COc2ccc(C(C)(C)c3ccc(OCC(O)Oc4cccc(CCCCCCCCCC=CCCCC)c4)cc3)cc2)c1. The molecule has 6 nitrogen and oxygen atoms in total. The Morgan fingerprint density at radius 3 is 1.13 bits per heavy atom. The van der Waals surface area contributed by atoms with E-state index in [1.165, 1.54) is 140 Å². The van der Waals surface area contributed by atoms with Gasteiger partial charge in [-0.25, -0.2) is 0 Å². The fourth-order valence-corrected chi connectivity index (χ4v) is 8.43. The van der Waals surface area contributed by atoms with Crippen LogP contribution in [0.25, 0.3) is 0 Å². The first-order chi connectivity index (χ1) is 32.8. The lowest BCUT2D eigenvalue weighted by atomic mass is 9.78. The van der Waals surface area contributed by atoms with Crippen molar-refractivity contribution in [1.82, 2.24) is 0 Å². The van der Waals surface area contributed by atoms with Crippen molar-refractivity contribution in [3.63, 3.8) is 0 Å². The summed E-state index contributed by atoms with van der Waals surface area (Å²) in [7, 11) is 0. The summed E-state index contributed by atoms with van der Waals surface area (Å²) in [6.07, 6.45) is 37.4. The molecule has 0 amide bonds. The predicted molar refractivity (Wildman–Crippen MR) is 281 cm³/mol. The van der Waals surface area contributed by atoms with Gasteiger partial charge in [0, 0.05) is 5.41 Å². The molecule has 2 N–H and O–H groups in total. The third-order valence-electron chi connectivity index (χ3n) is 12.7. The molecule has 0 radical (unpaired) electrons. The Morgan fingerprint density at radius 2 is 0.761 bits per heavy atom. The summed E-state index contributed by atoms with van der Waals surface area (Å²) in [5.74, 6) is 2.65. The second kappa shape index (κ2) is 33.9. The van der Waals surface area contributed by atoms with Crippen LogP contribution in [0.3, 0.4) is 0 Å². The van der Waals surface area contributed by atoms with Gasteiger partial charge in [0.05, 0.1) is 0 Å². The molecule has 2 unspecified atom stereocenters. The topological polar surface area (TPSA) is 77.4 Å². The van der Waals surface area contributed by atoms with Crippen LogP contribution in [0, 0.1) is 0 Å². The quantitative estimate of drug-likeness (QED) is 0.0265. The number of ether oxygens (including phenoxy) is 4. The van der Waals surface area contributed by atoms with Gasteiger partial charge in [0.2, 0.25) is 12.6 Å². The summed E-state index contributed by atoms with van der Waals surface area (Å²) in [5.41, 5.74) is 4.43. The number of aliphatic hydroxyl groups excluding tert-OH is 2. The minimum absolute atomic E-state index is 0.0218. The highest BCUT2D eigenvalue weighted by molar-refractivity contribution is 5.42. The number of hydrogen-bond acceptors (Lipinski definition) is 6. The molecule has 0 aliphatic heterocycles. The van der Waals surface area contributed by atoms with Crippen molar-refractivity contribution in [2.24, 2.45) is 0 Å².